The zero-order valence-electron chi connectivity index (χ0n) is 15.0. The van der Waals surface area contributed by atoms with E-state index in [1.807, 2.05) is 19.2 Å². The third-order valence-electron chi connectivity index (χ3n) is 4.65. The molecular weight excluding hydrogens is 316 g/mol. The number of aryl methyl sites for hydroxylation is 2. The van der Waals surface area contributed by atoms with Gasteiger partial charge in [0.2, 0.25) is 0 Å². The maximum atomic E-state index is 11.2. The predicted molar refractivity (Wildman–Crippen MR) is 99.0 cm³/mol. The van der Waals surface area contributed by atoms with Crippen molar-refractivity contribution in [1.29, 1.82) is 0 Å². The summed E-state index contributed by atoms with van der Waals surface area (Å²) in [5.74, 6) is 0.717. The molecule has 5 nitrogen and oxygen atoms in total. The van der Waals surface area contributed by atoms with Crippen LogP contribution in [0.3, 0.4) is 0 Å². The molecular formula is C20H24N2O3. The Morgan fingerprint density at radius 3 is 2.72 bits per heavy atom. The molecule has 0 fully saturated rings. The van der Waals surface area contributed by atoms with Crippen molar-refractivity contribution in [3.63, 3.8) is 0 Å². The minimum atomic E-state index is -0.137. The Morgan fingerprint density at radius 2 is 1.96 bits per heavy atom. The van der Waals surface area contributed by atoms with Crippen LogP contribution < -0.4 is 4.74 Å². The van der Waals surface area contributed by atoms with E-state index in [0.29, 0.717) is 6.42 Å². The third-order valence-corrected chi connectivity index (χ3v) is 4.65. The molecule has 0 aliphatic carbocycles. The summed E-state index contributed by atoms with van der Waals surface area (Å²) in [5.41, 5.74) is 3.37. The Balaban J connectivity index is 1.90. The van der Waals surface area contributed by atoms with Crippen molar-refractivity contribution in [2.45, 2.75) is 39.2 Å². The first-order valence-electron chi connectivity index (χ1n) is 8.64. The van der Waals surface area contributed by atoms with Crippen molar-refractivity contribution >= 4 is 27.8 Å². The number of carbonyl (C=O) groups excluding carboxylic acids is 1. The fourth-order valence-electron chi connectivity index (χ4n) is 3.38. The van der Waals surface area contributed by atoms with Crippen LogP contribution in [-0.2, 0) is 16.1 Å². The summed E-state index contributed by atoms with van der Waals surface area (Å²) in [7, 11) is 3.12. The first-order valence-corrected chi connectivity index (χ1v) is 8.64. The number of aromatic nitrogens is 2. The van der Waals surface area contributed by atoms with Crippen LogP contribution in [0, 0.1) is 6.92 Å². The molecule has 3 rings (SSSR count). The van der Waals surface area contributed by atoms with E-state index in [2.05, 4.69) is 27.8 Å². The van der Waals surface area contributed by atoms with Crippen LogP contribution in [0.5, 0.6) is 5.75 Å². The van der Waals surface area contributed by atoms with Crippen LogP contribution >= 0.6 is 0 Å². The summed E-state index contributed by atoms with van der Waals surface area (Å²) in [6.07, 6.45) is 5.19. The van der Waals surface area contributed by atoms with Gasteiger partial charge in [-0.05, 0) is 38.0 Å². The van der Waals surface area contributed by atoms with Gasteiger partial charge in [0, 0.05) is 36.0 Å². The second kappa shape index (κ2) is 7.55. The van der Waals surface area contributed by atoms with Gasteiger partial charge in [0.1, 0.15) is 5.75 Å². The molecule has 0 atom stereocenters. The summed E-state index contributed by atoms with van der Waals surface area (Å²) < 4.78 is 12.4. The van der Waals surface area contributed by atoms with Gasteiger partial charge in [-0.25, -0.2) is 0 Å². The molecule has 3 aromatic rings. The highest BCUT2D eigenvalue weighted by atomic mass is 16.5. The van der Waals surface area contributed by atoms with Crippen molar-refractivity contribution in [2.75, 3.05) is 14.2 Å². The molecule has 0 radical (unpaired) electrons. The van der Waals surface area contributed by atoms with Crippen molar-refractivity contribution < 1.29 is 14.3 Å². The largest absolute Gasteiger partial charge is 0.497 e. The van der Waals surface area contributed by atoms with Gasteiger partial charge >= 0.3 is 5.97 Å². The molecule has 1 aromatic carbocycles. The Morgan fingerprint density at radius 1 is 1.12 bits per heavy atom. The molecule has 0 aliphatic heterocycles. The van der Waals surface area contributed by atoms with Gasteiger partial charge in [-0.15, -0.1) is 0 Å². The lowest BCUT2D eigenvalue weighted by Gasteiger charge is -2.09. The summed E-state index contributed by atoms with van der Waals surface area (Å²) in [6, 6.07) is 8.27. The Hall–Kier alpha value is -2.56. The van der Waals surface area contributed by atoms with E-state index < -0.39 is 0 Å². The number of esters is 1. The lowest BCUT2D eigenvalue weighted by atomic mass is 10.1. The van der Waals surface area contributed by atoms with Crippen molar-refractivity contribution in [1.82, 2.24) is 9.55 Å². The molecule has 5 heteroatoms. The van der Waals surface area contributed by atoms with Gasteiger partial charge in [0.25, 0.3) is 0 Å². The molecule has 0 amide bonds. The first-order chi connectivity index (χ1) is 12.2. The molecule has 2 aromatic heterocycles. The standard InChI is InChI=1S/C20H24N2O3/c1-14-20-17(10-11-21-14)16-9-8-15(24-2)13-18(16)22(20)12-6-4-5-7-19(23)25-3/h8-11,13H,4-7,12H2,1-3H3. The predicted octanol–water partition coefficient (Wildman–Crippen LogP) is 4.24. The van der Waals surface area contributed by atoms with Crippen molar-refractivity contribution in [2.24, 2.45) is 0 Å². The summed E-state index contributed by atoms with van der Waals surface area (Å²) >= 11 is 0. The highest BCUT2D eigenvalue weighted by Crippen LogP contribution is 2.32. The number of ether oxygens (including phenoxy) is 2. The van der Waals surface area contributed by atoms with Crippen LogP contribution in [0.2, 0.25) is 0 Å². The monoisotopic (exact) mass is 340 g/mol. The van der Waals surface area contributed by atoms with Crippen LogP contribution in [0.15, 0.2) is 30.5 Å². The van der Waals surface area contributed by atoms with Gasteiger partial charge in [0.15, 0.2) is 0 Å². The molecule has 0 bridgehead atoms. The quantitative estimate of drug-likeness (QED) is 0.477. The van der Waals surface area contributed by atoms with E-state index in [1.54, 1.807) is 7.11 Å². The fraction of sp³-hybridized carbons (Fsp3) is 0.400. The third kappa shape index (κ3) is 3.45. The molecule has 132 valence electrons. The van der Waals surface area contributed by atoms with E-state index in [-0.39, 0.29) is 5.97 Å². The number of hydrogen-bond acceptors (Lipinski definition) is 4. The van der Waals surface area contributed by atoms with Crippen molar-refractivity contribution in [3.8, 4) is 5.75 Å². The Labute approximate surface area is 147 Å². The van der Waals surface area contributed by atoms with E-state index in [4.69, 9.17) is 9.47 Å². The van der Waals surface area contributed by atoms with Gasteiger partial charge in [-0.2, -0.15) is 0 Å². The number of nitrogens with zero attached hydrogens (tertiary/aromatic N) is 2. The zero-order valence-corrected chi connectivity index (χ0v) is 15.0. The number of hydrogen-bond donors (Lipinski definition) is 0. The zero-order chi connectivity index (χ0) is 17.8. The first kappa shape index (κ1) is 17.3. The summed E-state index contributed by atoms with van der Waals surface area (Å²) in [5, 5.41) is 2.44. The molecule has 0 unspecified atom stereocenters. The van der Waals surface area contributed by atoms with Crippen LogP contribution in [0.4, 0.5) is 0 Å². The molecule has 0 N–H and O–H groups in total. The lowest BCUT2D eigenvalue weighted by Crippen LogP contribution is -2.02. The number of methoxy groups -OCH3 is 2. The maximum absolute atomic E-state index is 11.2. The average Bonchev–Trinajstić information content (AvgIpc) is 2.95. The van der Waals surface area contributed by atoms with Gasteiger partial charge in [-0.3, -0.25) is 9.78 Å². The molecule has 0 aliphatic rings. The second-order valence-electron chi connectivity index (χ2n) is 6.21. The van der Waals surface area contributed by atoms with Gasteiger partial charge in [0.05, 0.1) is 30.9 Å². The number of rotatable bonds is 7. The molecule has 0 saturated heterocycles. The number of carbonyl (C=O) groups is 1. The van der Waals surface area contributed by atoms with Crippen LogP contribution in [-0.4, -0.2) is 29.7 Å². The molecule has 0 saturated carbocycles. The van der Waals surface area contributed by atoms with E-state index >= 15 is 0 Å². The minimum absolute atomic E-state index is 0.137. The summed E-state index contributed by atoms with van der Waals surface area (Å²) in [4.78, 5) is 15.7. The SMILES string of the molecule is COC(=O)CCCCCn1c2cc(OC)ccc2c2ccnc(C)c21. The highest BCUT2D eigenvalue weighted by Gasteiger charge is 2.13. The summed E-state index contributed by atoms with van der Waals surface area (Å²) in [6.45, 7) is 2.94. The van der Waals surface area contributed by atoms with Crippen LogP contribution in [0.1, 0.15) is 31.4 Å². The van der Waals surface area contributed by atoms with Gasteiger partial charge in [-0.1, -0.05) is 6.42 Å². The van der Waals surface area contributed by atoms with Crippen LogP contribution in [0.25, 0.3) is 21.8 Å². The maximum Gasteiger partial charge on any atom is 0.305 e. The number of fused-ring (bicyclic) bond motifs is 3. The fourth-order valence-corrected chi connectivity index (χ4v) is 3.38. The lowest BCUT2D eigenvalue weighted by molar-refractivity contribution is -0.140. The smallest absolute Gasteiger partial charge is 0.305 e. The minimum Gasteiger partial charge on any atom is -0.497 e. The number of unbranched alkanes of at least 4 members (excludes halogenated alkanes) is 2. The van der Waals surface area contributed by atoms with E-state index in [1.165, 1.54) is 28.9 Å². The number of benzene rings is 1. The number of pyridine rings is 1. The highest BCUT2D eigenvalue weighted by molar-refractivity contribution is 6.09. The van der Waals surface area contributed by atoms with E-state index in [0.717, 1.165) is 37.3 Å². The molecule has 25 heavy (non-hydrogen) atoms. The second-order valence-corrected chi connectivity index (χ2v) is 6.21. The van der Waals surface area contributed by atoms with Gasteiger partial charge < -0.3 is 14.0 Å². The molecule has 2 heterocycles. The topological polar surface area (TPSA) is 53.4 Å². The normalized spacial score (nSPS) is 11.2. The Bertz CT molecular complexity index is 899. The average molecular weight is 340 g/mol. The molecule has 0 spiro atoms. The Kier molecular flexibility index (Phi) is 5.22. The van der Waals surface area contributed by atoms with E-state index in [9.17, 15) is 4.79 Å². The van der Waals surface area contributed by atoms with Crippen molar-refractivity contribution in [3.05, 3.63) is 36.2 Å².